The molecule has 0 atom stereocenters. The summed E-state index contributed by atoms with van der Waals surface area (Å²) < 4.78 is 10.5. The highest BCUT2D eigenvalue weighted by molar-refractivity contribution is 7.80. The maximum absolute atomic E-state index is 11.0. The van der Waals surface area contributed by atoms with Crippen LogP contribution < -0.4 is 4.74 Å². The van der Waals surface area contributed by atoms with Gasteiger partial charge in [0.15, 0.2) is 5.05 Å². The van der Waals surface area contributed by atoms with Crippen molar-refractivity contribution in [2.75, 3.05) is 7.11 Å². The number of hydrogen-bond acceptors (Lipinski definition) is 5. The van der Waals surface area contributed by atoms with Crippen LogP contribution in [0.4, 0.5) is 5.69 Å². The molecule has 0 bridgehead atoms. The molecule has 0 aliphatic rings. The van der Waals surface area contributed by atoms with Gasteiger partial charge in [0.1, 0.15) is 17.1 Å². The van der Waals surface area contributed by atoms with E-state index in [-0.39, 0.29) is 16.3 Å². The molecular weight excluding hydrogens is 349 g/mol. The van der Waals surface area contributed by atoms with Gasteiger partial charge >= 0.3 is 0 Å². The number of nitro benzene ring substituents is 1. The Hall–Kier alpha value is -1.89. The van der Waals surface area contributed by atoms with Crippen LogP contribution in [0.5, 0.6) is 11.5 Å². The van der Waals surface area contributed by atoms with Crippen LogP contribution in [0.3, 0.4) is 0 Å². The molecule has 0 amide bonds. The van der Waals surface area contributed by atoms with E-state index < -0.39 is 4.92 Å². The summed E-state index contributed by atoms with van der Waals surface area (Å²) in [5.74, 6) is 0.707. The van der Waals surface area contributed by atoms with Crippen molar-refractivity contribution in [1.29, 1.82) is 0 Å². The van der Waals surface area contributed by atoms with Gasteiger partial charge in [-0.1, -0.05) is 23.2 Å². The van der Waals surface area contributed by atoms with Gasteiger partial charge < -0.3 is 9.47 Å². The van der Waals surface area contributed by atoms with E-state index >= 15 is 0 Å². The van der Waals surface area contributed by atoms with E-state index in [1.54, 1.807) is 12.1 Å². The standard InChI is InChI=1S/C14H9Cl2NO4S/c1-20-14(22)10-7-9(3-4-12(10)17(18)19)21-13-5-2-8(15)6-11(13)16/h2-7H,1H3. The van der Waals surface area contributed by atoms with E-state index in [2.05, 4.69) is 0 Å². The number of benzene rings is 2. The van der Waals surface area contributed by atoms with Crippen molar-refractivity contribution in [1.82, 2.24) is 0 Å². The zero-order valence-corrected chi connectivity index (χ0v) is 13.5. The highest BCUT2D eigenvalue weighted by Gasteiger charge is 2.19. The highest BCUT2D eigenvalue weighted by Crippen LogP contribution is 2.33. The topological polar surface area (TPSA) is 61.6 Å². The molecule has 114 valence electrons. The van der Waals surface area contributed by atoms with Crippen molar-refractivity contribution in [3.8, 4) is 11.5 Å². The second-order valence-electron chi connectivity index (χ2n) is 4.10. The molecule has 0 heterocycles. The van der Waals surface area contributed by atoms with Gasteiger partial charge in [0.05, 0.1) is 17.1 Å². The van der Waals surface area contributed by atoms with E-state index in [1.165, 1.54) is 31.4 Å². The Morgan fingerprint density at radius 1 is 1.23 bits per heavy atom. The number of nitrogens with zero attached hydrogens (tertiary/aromatic N) is 1. The molecule has 2 aromatic carbocycles. The molecule has 8 heteroatoms. The SMILES string of the molecule is COC(=S)c1cc(Oc2ccc(Cl)cc2Cl)ccc1[N+](=O)[O-]. The average molecular weight is 358 g/mol. The molecule has 2 aromatic rings. The summed E-state index contributed by atoms with van der Waals surface area (Å²) in [6.07, 6.45) is 0. The molecule has 0 N–H and O–H groups in total. The third-order valence-electron chi connectivity index (χ3n) is 2.69. The lowest BCUT2D eigenvalue weighted by molar-refractivity contribution is -0.385. The Balaban J connectivity index is 2.40. The first kappa shape index (κ1) is 16.5. The van der Waals surface area contributed by atoms with Crippen molar-refractivity contribution < 1.29 is 14.4 Å². The summed E-state index contributed by atoms with van der Waals surface area (Å²) in [6.45, 7) is 0. The van der Waals surface area contributed by atoms with Gasteiger partial charge in [-0.25, -0.2) is 0 Å². The lowest BCUT2D eigenvalue weighted by Crippen LogP contribution is -2.04. The first-order chi connectivity index (χ1) is 10.4. The number of thiocarbonyl (C=S) groups is 1. The summed E-state index contributed by atoms with van der Waals surface area (Å²) in [7, 11) is 1.34. The smallest absolute Gasteiger partial charge is 0.281 e. The minimum atomic E-state index is -0.542. The number of halogens is 2. The fourth-order valence-corrected chi connectivity index (χ4v) is 2.31. The summed E-state index contributed by atoms with van der Waals surface area (Å²) in [5, 5.41) is 11.8. The van der Waals surface area contributed by atoms with Crippen LogP contribution in [0, 0.1) is 10.1 Å². The molecule has 0 aromatic heterocycles. The molecule has 2 rings (SSSR count). The molecule has 0 saturated carbocycles. The zero-order chi connectivity index (χ0) is 16.3. The van der Waals surface area contributed by atoms with Crippen LogP contribution in [-0.4, -0.2) is 17.1 Å². The first-order valence-corrected chi connectivity index (χ1v) is 7.08. The molecule has 0 aliphatic carbocycles. The third-order valence-corrected chi connectivity index (χ3v) is 3.61. The number of nitro groups is 1. The third kappa shape index (κ3) is 3.65. The second kappa shape index (κ2) is 6.91. The van der Waals surface area contributed by atoms with E-state index in [4.69, 9.17) is 44.9 Å². The van der Waals surface area contributed by atoms with E-state index in [0.29, 0.717) is 21.5 Å². The zero-order valence-electron chi connectivity index (χ0n) is 11.2. The lowest BCUT2D eigenvalue weighted by Gasteiger charge is -2.10. The number of hydrogen-bond donors (Lipinski definition) is 0. The van der Waals surface area contributed by atoms with Crippen molar-refractivity contribution >= 4 is 46.2 Å². The average Bonchev–Trinajstić information content (AvgIpc) is 2.49. The molecule has 0 radical (unpaired) electrons. The lowest BCUT2D eigenvalue weighted by atomic mass is 10.2. The van der Waals surface area contributed by atoms with Gasteiger partial charge in [0, 0.05) is 11.1 Å². The molecular formula is C14H9Cl2NO4S. The van der Waals surface area contributed by atoms with Gasteiger partial charge in [-0.05, 0) is 42.5 Å². The van der Waals surface area contributed by atoms with Crippen LogP contribution in [0.15, 0.2) is 36.4 Å². The summed E-state index contributed by atoms with van der Waals surface area (Å²) in [4.78, 5) is 10.5. The van der Waals surface area contributed by atoms with E-state index in [0.717, 1.165) is 0 Å². The quantitative estimate of drug-likeness (QED) is 0.436. The van der Waals surface area contributed by atoms with Gasteiger partial charge in [-0.3, -0.25) is 10.1 Å². The van der Waals surface area contributed by atoms with Gasteiger partial charge in [-0.2, -0.15) is 0 Å². The minimum absolute atomic E-state index is 0.000599. The molecule has 22 heavy (non-hydrogen) atoms. The monoisotopic (exact) mass is 357 g/mol. The Bertz CT molecular complexity index is 752. The first-order valence-electron chi connectivity index (χ1n) is 5.92. The molecule has 0 fully saturated rings. The molecule has 5 nitrogen and oxygen atoms in total. The number of methoxy groups -OCH3 is 1. The number of ether oxygens (including phenoxy) is 2. The fraction of sp³-hybridized carbons (Fsp3) is 0.0714. The van der Waals surface area contributed by atoms with Crippen molar-refractivity contribution in [3.63, 3.8) is 0 Å². The summed E-state index contributed by atoms with van der Waals surface area (Å²) in [6, 6.07) is 8.92. The summed E-state index contributed by atoms with van der Waals surface area (Å²) >= 11 is 16.8. The van der Waals surface area contributed by atoms with Crippen LogP contribution in [-0.2, 0) is 4.74 Å². The van der Waals surface area contributed by atoms with E-state index in [9.17, 15) is 10.1 Å². The van der Waals surface area contributed by atoms with Crippen LogP contribution in [0.25, 0.3) is 0 Å². The minimum Gasteiger partial charge on any atom is -0.486 e. The molecule has 0 aliphatic heterocycles. The Labute approximate surface area is 141 Å². The van der Waals surface area contributed by atoms with Crippen LogP contribution >= 0.6 is 35.4 Å². The fourth-order valence-electron chi connectivity index (χ4n) is 1.70. The Morgan fingerprint density at radius 2 is 1.95 bits per heavy atom. The predicted octanol–water partition coefficient (Wildman–Crippen LogP) is 5.02. The second-order valence-corrected chi connectivity index (χ2v) is 5.32. The van der Waals surface area contributed by atoms with Crippen molar-refractivity contribution in [3.05, 3.63) is 62.1 Å². The van der Waals surface area contributed by atoms with Gasteiger partial charge in [0.2, 0.25) is 0 Å². The van der Waals surface area contributed by atoms with Crippen molar-refractivity contribution in [2.24, 2.45) is 0 Å². The maximum Gasteiger partial charge on any atom is 0.281 e. The van der Waals surface area contributed by atoms with E-state index in [1.807, 2.05) is 0 Å². The maximum atomic E-state index is 11.0. The number of rotatable bonds is 4. The van der Waals surface area contributed by atoms with Crippen molar-refractivity contribution in [2.45, 2.75) is 0 Å². The summed E-state index contributed by atoms with van der Waals surface area (Å²) in [5.41, 5.74) is -0.00788. The Morgan fingerprint density at radius 3 is 2.55 bits per heavy atom. The molecule has 0 spiro atoms. The normalized spacial score (nSPS) is 10.1. The van der Waals surface area contributed by atoms with Crippen LogP contribution in [0.1, 0.15) is 5.56 Å². The largest absolute Gasteiger partial charge is 0.486 e. The Kier molecular flexibility index (Phi) is 5.18. The molecule has 0 unspecified atom stereocenters. The molecule has 0 saturated heterocycles. The highest BCUT2D eigenvalue weighted by atomic mass is 35.5. The van der Waals surface area contributed by atoms with Gasteiger partial charge in [0.25, 0.3) is 5.69 Å². The van der Waals surface area contributed by atoms with Gasteiger partial charge in [-0.15, -0.1) is 0 Å². The predicted molar refractivity (Wildman–Crippen MR) is 88.3 cm³/mol. The van der Waals surface area contributed by atoms with Crippen LogP contribution in [0.2, 0.25) is 10.0 Å².